The lowest BCUT2D eigenvalue weighted by atomic mass is 9.91. The second-order valence-electron chi connectivity index (χ2n) is 29.9. The normalized spacial score (nSPS) is 12.0. The predicted octanol–water partition coefficient (Wildman–Crippen LogP) is 29.5. The lowest BCUT2D eigenvalue weighted by Crippen LogP contribution is -2.10. The van der Waals surface area contributed by atoms with Crippen molar-refractivity contribution < 1.29 is 17.7 Å². The van der Waals surface area contributed by atoms with Crippen molar-refractivity contribution in [3.05, 3.63) is 388 Å². The molecule has 10 nitrogen and oxygen atoms in total. The molecule has 0 aliphatic carbocycles. The summed E-state index contributed by atoms with van der Waals surface area (Å²) in [7, 11) is 0. The maximum absolute atomic E-state index is 6.99. The number of furan rings is 2. The number of anilines is 6. The minimum absolute atomic E-state index is 0.558. The van der Waals surface area contributed by atoms with E-state index in [2.05, 4.69) is 334 Å². The van der Waals surface area contributed by atoms with E-state index in [9.17, 15) is 0 Å². The van der Waals surface area contributed by atoms with Gasteiger partial charge in [-0.3, -0.25) is 0 Å². The van der Waals surface area contributed by atoms with E-state index in [-0.39, 0.29) is 0 Å². The Morgan fingerprint density at radius 3 is 1.36 bits per heavy atom. The summed E-state index contributed by atoms with van der Waals surface area (Å²) in [5.74, 6) is 1.16. The molecule has 0 N–H and O–H groups in total. The number of oxazole rings is 2. The van der Waals surface area contributed by atoms with Crippen LogP contribution in [-0.2, 0) is 0 Å². The molecule has 0 unspecified atom stereocenters. The lowest BCUT2D eigenvalue weighted by molar-refractivity contribution is 0.620. The van der Waals surface area contributed by atoms with Crippen molar-refractivity contribution in [2.75, 3.05) is 9.80 Å². The van der Waals surface area contributed by atoms with Crippen molar-refractivity contribution in [2.45, 2.75) is 0 Å². The molecule has 0 amide bonds. The Morgan fingerprint density at radius 2 is 0.681 bits per heavy atom. The van der Waals surface area contributed by atoms with Crippen molar-refractivity contribution in [3.63, 3.8) is 0 Å². The van der Waals surface area contributed by atoms with E-state index in [1.807, 2.05) is 72.8 Å². The first-order valence-corrected chi connectivity index (χ1v) is 39.1. The fourth-order valence-electron chi connectivity index (χ4n) is 18.0. The number of aromatic nitrogens is 4. The quantitative estimate of drug-likeness (QED) is 0.113. The first-order valence-electron chi connectivity index (χ1n) is 39.1. The van der Waals surface area contributed by atoms with E-state index in [0.29, 0.717) is 17.4 Å². The smallest absolute Gasteiger partial charge is 0.227 e. The van der Waals surface area contributed by atoms with Gasteiger partial charge in [0.2, 0.25) is 11.8 Å². The van der Waals surface area contributed by atoms with Crippen molar-refractivity contribution in [1.82, 2.24) is 19.1 Å². The first-order chi connectivity index (χ1) is 57.5. The highest BCUT2D eigenvalue weighted by molar-refractivity contribution is 6.19. The number of hydrogen-bond donors (Lipinski definition) is 0. The summed E-state index contributed by atoms with van der Waals surface area (Å²) in [4.78, 5) is 15.0. The number of rotatable bonds is 13. The minimum Gasteiger partial charge on any atom is -0.456 e. The molecule has 10 heteroatoms. The van der Waals surface area contributed by atoms with Gasteiger partial charge >= 0.3 is 0 Å². The standard InChI is InChI=1S/C106H64N6O4/c1-4-19-68(20-5-1)105-107-91-58-40-67-23-18-30-80(101(67)104(91)116-105)65-35-41-72(42-36-65)109(74-45-47-75(48-46-74)111-92-31-14-10-26-82(92)83-27-11-15-32-93(83)111)76-51-59-97-90(62-76)88-52-39-70(61-99(88)114-97)79-55-56-81(102-89(79)57-60-98-103(102)108-106(115-98)69-21-6-2-7-22-69)66-37-43-73(44-38-66)110(78-50-54-87-86-29-13-17-34-96(86)113-100(87)64-78)77-49-53-85-84-28-12-16-33-94(84)112(95(85)63-77)71-24-8-3-9-25-71/h1-64H. The molecule has 18 aromatic carbocycles. The highest BCUT2D eigenvalue weighted by atomic mass is 16.4. The summed E-state index contributed by atoms with van der Waals surface area (Å²) in [6.07, 6.45) is 0. The lowest BCUT2D eigenvalue weighted by Gasteiger charge is -2.26. The van der Waals surface area contributed by atoms with Gasteiger partial charge in [-0.15, -0.1) is 0 Å². The van der Waals surface area contributed by atoms with Crippen LogP contribution in [0.15, 0.2) is 406 Å². The maximum Gasteiger partial charge on any atom is 0.227 e. The van der Waals surface area contributed by atoms with Crippen LogP contribution in [0.4, 0.5) is 34.1 Å². The Labute approximate surface area is 663 Å². The molecule has 0 radical (unpaired) electrons. The SMILES string of the molecule is c1ccc(-c2nc3c(ccc4c(-c5ccc6c(c5)oc5ccc(N(c7ccc(-c8cccc9ccc%10nc(-c%11ccccc%11)oc%10c89)cc7)c7ccc(-n8c9ccccc9c9ccccc98)cc7)cc56)ccc(-c5ccc(N(c6ccc7c(c6)oc6ccccc67)c6ccc7c8ccccc8n(-c8ccccc8)c7c6)cc5)c43)o2)cc1. The van der Waals surface area contributed by atoms with Gasteiger partial charge in [0.25, 0.3) is 0 Å². The van der Waals surface area contributed by atoms with Gasteiger partial charge in [0.15, 0.2) is 11.2 Å². The average Bonchev–Trinajstić information content (AvgIpc) is 1.52. The number of fused-ring (bicyclic) bond motifs is 18. The van der Waals surface area contributed by atoms with Gasteiger partial charge in [-0.2, -0.15) is 0 Å². The molecule has 0 bridgehead atoms. The Morgan fingerprint density at radius 1 is 0.224 bits per heavy atom. The Hall–Kier alpha value is -15.8. The number of hydrogen-bond acceptors (Lipinski definition) is 8. The van der Waals surface area contributed by atoms with Crippen LogP contribution in [0, 0.1) is 0 Å². The van der Waals surface area contributed by atoms with Gasteiger partial charge in [-0.25, -0.2) is 9.97 Å². The van der Waals surface area contributed by atoms with Gasteiger partial charge < -0.3 is 36.6 Å². The van der Waals surface area contributed by atoms with E-state index >= 15 is 0 Å². The largest absolute Gasteiger partial charge is 0.456 e. The van der Waals surface area contributed by atoms with Crippen LogP contribution in [0.2, 0.25) is 0 Å². The van der Waals surface area contributed by atoms with Crippen molar-refractivity contribution >= 4 is 165 Å². The molecule has 116 heavy (non-hydrogen) atoms. The van der Waals surface area contributed by atoms with E-state index in [1.54, 1.807) is 0 Å². The van der Waals surface area contributed by atoms with Crippen LogP contribution in [0.3, 0.4) is 0 Å². The van der Waals surface area contributed by atoms with Gasteiger partial charge in [0.05, 0.1) is 22.1 Å². The third-order valence-corrected chi connectivity index (χ3v) is 23.4. The molecular weight excluding hydrogens is 1420 g/mol. The summed E-state index contributed by atoms with van der Waals surface area (Å²) in [5, 5.41) is 13.1. The monoisotopic (exact) mass is 1480 g/mol. The summed E-state index contributed by atoms with van der Waals surface area (Å²) < 4.78 is 31.7. The molecule has 0 fully saturated rings. The molecule has 6 heterocycles. The molecule has 24 rings (SSSR count). The van der Waals surface area contributed by atoms with E-state index in [1.165, 1.54) is 21.5 Å². The maximum atomic E-state index is 6.99. The highest BCUT2D eigenvalue weighted by Crippen LogP contribution is 2.49. The molecule has 6 aromatic heterocycles. The number of para-hydroxylation sites is 5. The molecule has 0 atom stereocenters. The van der Waals surface area contributed by atoms with Gasteiger partial charge in [0, 0.05) is 117 Å². The minimum atomic E-state index is 0.558. The zero-order valence-corrected chi connectivity index (χ0v) is 62.3. The van der Waals surface area contributed by atoms with Crippen LogP contribution in [0.25, 0.3) is 199 Å². The fourth-order valence-corrected chi connectivity index (χ4v) is 18.0. The second kappa shape index (κ2) is 25.9. The van der Waals surface area contributed by atoms with Crippen LogP contribution in [0.5, 0.6) is 0 Å². The van der Waals surface area contributed by atoms with Crippen LogP contribution in [0.1, 0.15) is 0 Å². The Bertz CT molecular complexity index is 8020. The van der Waals surface area contributed by atoms with E-state index in [4.69, 9.17) is 27.6 Å². The van der Waals surface area contributed by atoms with Crippen molar-refractivity contribution in [3.8, 4) is 67.7 Å². The van der Waals surface area contributed by atoms with Crippen LogP contribution < -0.4 is 9.80 Å². The van der Waals surface area contributed by atoms with Gasteiger partial charge in [-0.05, 0) is 226 Å². The van der Waals surface area contributed by atoms with Crippen molar-refractivity contribution in [1.29, 1.82) is 0 Å². The summed E-state index contributed by atoms with van der Waals surface area (Å²) in [5.41, 5.74) is 27.0. The second-order valence-corrected chi connectivity index (χ2v) is 29.9. The van der Waals surface area contributed by atoms with Gasteiger partial charge in [0.1, 0.15) is 33.4 Å². The first kappa shape index (κ1) is 65.0. The Kier molecular flexibility index (Phi) is 14.5. The zero-order chi connectivity index (χ0) is 76.1. The molecular formula is C106H64N6O4. The highest BCUT2D eigenvalue weighted by Gasteiger charge is 2.25. The van der Waals surface area contributed by atoms with Crippen LogP contribution in [-0.4, -0.2) is 19.1 Å². The zero-order valence-electron chi connectivity index (χ0n) is 62.3. The average molecular weight is 1490 g/mol. The van der Waals surface area contributed by atoms with Gasteiger partial charge in [-0.1, -0.05) is 200 Å². The number of nitrogens with zero attached hydrogens (tertiary/aromatic N) is 6. The van der Waals surface area contributed by atoms with E-state index in [0.717, 1.165) is 194 Å². The molecule has 542 valence electrons. The summed E-state index contributed by atoms with van der Waals surface area (Å²) in [6.45, 7) is 0. The molecule has 0 saturated carbocycles. The topological polar surface area (TPSA) is 94.7 Å². The summed E-state index contributed by atoms with van der Waals surface area (Å²) >= 11 is 0. The molecule has 0 saturated heterocycles. The fraction of sp³-hybridized carbons (Fsp3) is 0. The number of benzene rings is 18. The third kappa shape index (κ3) is 10.4. The van der Waals surface area contributed by atoms with Crippen LogP contribution >= 0.6 is 0 Å². The molecule has 24 aromatic rings. The molecule has 0 aliphatic heterocycles. The molecule has 0 aliphatic rings. The molecule has 0 spiro atoms. The third-order valence-electron chi connectivity index (χ3n) is 23.4. The predicted molar refractivity (Wildman–Crippen MR) is 476 cm³/mol. The Balaban J connectivity index is 0.623. The van der Waals surface area contributed by atoms with E-state index < -0.39 is 0 Å². The summed E-state index contributed by atoms with van der Waals surface area (Å²) in [6, 6.07) is 138. The van der Waals surface area contributed by atoms with Crippen molar-refractivity contribution in [2.24, 2.45) is 0 Å².